The smallest absolute Gasteiger partial charge is 0.339 e. The molecule has 2 aromatic rings. The zero-order chi connectivity index (χ0) is 13.3. The van der Waals surface area contributed by atoms with Gasteiger partial charge in [-0.25, -0.2) is 9.78 Å². The molecule has 1 aromatic heterocycles. The molecule has 5 heteroatoms. The van der Waals surface area contributed by atoms with Crippen LogP contribution in [0.5, 0.6) is 5.75 Å². The Balaban J connectivity index is 2.85. The van der Waals surface area contributed by atoms with Crippen LogP contribution in [0.2, 0.25) is 0 Å². The van der Waals surface area contributed by atoms with Crippen LogP contribution in [-0.4, -0.2) is 30.2 Å². The van der Waals surface area contributed by atoms with Gasteiger partial charge in [0.15, 0.2) is 0 Å². The molecule has 0 bridgehead atoms. The number of nitrogens with one attached hydrogen (secondary N) is 1. The van der Waals surface area contributed by atoms with E-state index in [0.717, 1.165) is 10.9 Å². The number of anilines is 1. The van der Waals surface area contributed by atoms with Gasteiger partial charge in [-0.3, -0.25) is 0 Å². The number of fused-ring (bicyclic) bond motifs is 1. The molecule has 0 spiro atoms. The second-order valence-corrected chi connectivity index (χ2v) is 3.92. The first-order chi connectivity index (χ1) is 8.58. The third-order valence-electron chi connectivity index (χ3n) is 2.85. The normalized spacial score (nSPS) is 10.4. The SMILES string of the molecule is CNc1nc2c(OC)ccc(C)c2cc1C(=O)O. The molecule has 0 unspecified atom stereocenters. The summed E-state index contributed by atoms with van der Waals surface area (Å²) < 4.78 is 5.24. The van der Waals surface area contributed by atoms with Crippen molar-refractivity contribution in [3.05, 3.63) is 29.3 Å². The minimum Gasteiger partial charge on any atom is -0.494 e. The summed E-state index contributed by atoms with van der Waals surface area (Å²) in [6, 6.07) is 5.33. The highest BCUT2D eigenvalue weighted by Crippen LogP contribution is 2.29. The number of methoxy groups -OCH3 is 1. The molecule has 5 nitrogen and oxygen atoms in total. The molecule has 0 amide bonds. The summed E-state index contributed by atoms with van der Waals surface area (Å²) in [7, 11) is 3.21. The van der Waals surface area contributed by atoms with Gasteiger partial charge in [0, 0.05) is 12.4 Å². The molecule has 1 aromatic carbocycles. The summed E-state index contributed by atoms with van der Waals surface area (Å²) in [5.74, 6) is -0.0427. The Kier molecular flexibility index (Phi) is 3.06. The molecule has 0 aliphatic carbocycles. The van der Waals surface area contributed by atoms with E-state index in [4.69, 9.17) is 9.84 Å². The van der Waals surface area contributed by atoms with Crippen molar-refractivity contribution in [2.45, 2.75) is 6.92 Å². The summed E-state index contributed by atoms with van der Waals surface area (Å²) >= 11 is 0. The third-order valence-corrected chi connectivity index (χ3v) is 2.85. The van der Waals surface area contributed by atoms with Gasteiger partial charge < -0.3 is 15.2 Å². The molecule has 2 N–H and O–H groups in total. The Labute approximate surface area is 104 Å². The average Bonchev–Trinajstić information content (AvgIpc) is 2.37. The topological polar surface area (TPSA) is 71.5 Å². The number of carbonyl (C=O) groups is 1. The number of nitrogens with zero attached hydrogens (tertiary/aromatic N) is 1. The Bertz CT molecular complexity index is 623. The number of aromatic nitrogens is 1. The molecule has 0 radical (unpaired) electrons. The van der Waals surface area contributed by atoms with Crippen molar-refractivity contribution in [1.82, 2.24) is 4.98 Å². The summed E-state index contributed by atoms with van der Waals surface area (Å²) in [5, 5.41) is 12.7. The van der Waals surface area contributed by atoms with E-state index in [1.165, 1.54) is 0 Å². The van der Waals surface area contributed by atoms with Gasteiger partial charge in [-0.2, -0.15) is 0 Å². The lowest BCUT2D eigenvalue weighted by Gasteiger charge is -2.11. The quantitative estimate of drug-likeness (QED) is 0.869. The van der Waals surface area contributed by atoms with E-state index in [2.05, 4.69) is 10.3 Å². The van der Waals surface area contributed by atoms with Gasteiger partial charge in [0.1, 0.15) is 22.6 Å². The molecule has 0 saturated heterocycles. The maximum absolute atomic E-state index is 11.2. The van der Waals surface area contributed by atoms with E-state index in [0.29, 0.717) is 17.1 Å². The number of aryl methyl sites for hydroxylation is 1. The monoisotopic (exact) mass is 246 g/mol. The third kappa shape index (κ3) is 1.84. The van der Waals surface area contributed by atoms with Gasteiger partial charge in [-0.05, 0) is 24.6 Å². The number of ether oxygens (including phenoxy) is 1. The van der Waals surface area contributed by atoms with Crippen LogP contribution < -0.4 is 10.1 Å². The van der Waals surface area contributed by atoms with Crippen molar-refractivity contribution in [2.24, 2.45) is 0 Å². The van der Waals surface area contributed by atoms with Crippen LogP contribution in [0.15, 0.2) is 18.2 Å². The fourth-order valence-electron chi connectivity index (χ4n) is 1.89. The second kappa shape index (κ2) is 4.52. The van der Waals surface area contributed by atoms with Crippen LogP contribution in [0, 0.1) is 6.92 Å². The highest BCUT2D eigenvalue weighted by molar-refractivity contribution is 6.00. The maximum atomic E-state index is 11.2. The average molecular weight is 246 g/mol. The number of aromatic carboxylic acids is 1. The Morgan fingerprint density at radius 3 is 2.72 bits per heavy atom. The Morgan fingerprint density at radius 1 is 1.44 bits per heavy atom. The molecule has 0 atom stereocenters. The second-order valence-electron chi connectivity index (χ2n) is 3.92. The van der Waals surface area contributed by atoms with Crippen molar-refractivity contribution in [1.29, 1.82) is 0 Å². The van der Waals surface area contributed by atoms with Crippen LogP contribution in [0.3, 0.4) is 0 Å². The minimum atomic E-state index is -1.00. The molecule has 0 aliphatic rings. The summed E-state index contributed by atoms with van der Waals surface area (Å²) in [5.41, 5.74) is 1.77. The fraction of sp³-hybridized carbons (Fsp3) is 0.231. The van der Waals surface area contributed by atoms with Crippen LogP contribution in [-0.2, 0) is 0 Å². The molecule has 1 heterocycles. The lowest BCUT2D eigenvalue weighted by molar-refractivity contribution is 0.0698. The van der Waals surface area contributed by atoms with Gasteiger partial charge in [0.2, 0.25) is 0 Å². The summed E-state index contributed by atoms with van der Waals surface area (Å²) in [4.78, 5) is 15.5. The fourth-order valence-corrected chi connectivity index (χ4v) is 1.89. The van der Waals surface area contributed by atoms with Crippen LogP contribution in [0.25, 0.3) is 10.9 Å². The number of hydrogen-bond acceptors (Lipinski definition) is 4. The van der Waals surface area contributed by atoms with Crippen molar-refractivity contribution < 1.29 is 14.6 Å². The van der Waals surface area contributed by atoms with Crippen LogP contribution >= 0.6 is 0 Å². The summed E-state index contributed by atoms with van der Waals surface area (Å²) in [6.07, 6.45) is 0. The first-order valence-corrected chi connectivity index (χ1v) is 5.48. The zero-order valence-electron chi connectivity index (χ0n) is 10.4. The van der Waals surface area contributed by atoms with Gasteiger partial charge >= 0.3 is 5.97 Å². The van der Waals surface area contributed by atoms with Gasteiger partial charge in [0.25, 0.3) is 0 Å². The molecule has 0 aliphatic heterocycles. The van der Waals surface area contributed by atoms with E-state index in [1.54, 1.807) is 20.2 Å². The van der Waals surface area contributed by atoms with E-state index in [-0.39, 0.29) is 5.56 Å². The summed E-state index contributed by atoms with van der Waals surface area (Å²) in [6.45, 7) is 1.91. The lowest BCUT2D eigenvalue weighted by Crippen LogP contribution is -2.06. The molecule has 0 fully saturated rings. The van der Waals surface area contributed by atoms with Crippen LogP contribution in [0.1, 0.15) is 15.9 Å². The standard InChI is InChI=1S/C13H14N2O3/c1-7-4-5-10(18-3)11-8(7)6-9(13(16)17)12(14-2)15-11/h4-6H,1-3H3,(H,14,15)(H,16,17). The maximum Gasteiger partial charge on any atom is 0.339 e. The first-order valence-electron chi connectivity index (χ1n) is 5.48. The highest BCUT2D eigenvalue weighted by atomic mass is 16.5. The van der Waals surface area contributed by atoms with Crippen molar-refractivity contribution in [2.75, 3.05) is 19.5 Å². The van der Waals surface area contributed by atoms with Crippen LogP contribution in [0.4, 0.5) is 5.82 Å². The molecule has 0 saturated carbocycles. The zero-order valence-corrected chi connectivity index (χ0v) is 10.4. The van der Waals surface area contributed by atoms with Crippen molar-refractivity contribution in [3.63, 3.8) is 0 Å². The minimum absolute atomic E-state index is 0.154. The van der Waals surface area contributed by atoms with Gasteiger partial charge in [-0.1, -0.05) is 6.07 Å². The number of carboxylic acids is 1. The predicted octanol–water partition coefficient (Wildman–Crippen LogP) is 2.29. The first kappa shape index (κ1) is 12.2. The Hall–Kier alpha value is -2.30. The number of rotatable bonds is 3. The lowest BCUT2D eigenvalue weighted by atomic mass is 10.1. The van der Waals surface area contributed by atoms with Gasteiger partial charge in [-0.15, -0.1) is 0 Å². The number of carboxylic acid groups (broad SMARTS) is 1. The number of hydrogen-bond donors (Lipinski definition) is 2. The van der Waals surface area contributed by atoms with E-state index in [1.807, 2.05) is 19.1 Å². The number of pyridine rings is 1. The molecular weight excluding hydrogens is 232 g/mol. The van der Waals surface area contributed by atoms with E-state index in [9.17, 15) is 4.79 Å². The van der Waals surface area contributed by atoms with E-state index < -0.39 is 5.97 Å². The molecule has 18 heavy (non-hydrogen) atoms. The largest absolute Gasteiger partial charge is 0.494 e. The molecular formula is C13H14N2O3. The Morgan fingerprint density at radius 2 is 2.17 bits per heavy atom. The van der Waals surface area contributed by atoms with Crippen molar-refractivity contribution >= 4 is 22.7 Å². The highest BCUT2D eigenvalue weighted by Gasteiger charge is 2.15. The van der Waals surface area contributed by atoms with E-state index >= 15 is 0 Å². The predicted molar refractivity (Wildman–Crippen MR) is 69.5 cm³/mol. The molecule has 94 valence electrons. The number of benzene rings is 1. The van der Waals surface area contributed by atoms with Crippen molar-refractivity contribution in [3.8, 4) is 5.75 Å². The molecule has 2 rings (SSSR count). The van der Waals surface area contributed by atoms with Gasteiger partial charge in [0.05, 0.1) is 7.11 Å².